The van der Waals surface area contributed by atoms with E-state index >= 15 is 0 Å². The molecule has 0 saturated heterocycles. The van der Waals surface area contributed by atoms with Crippen molar-refractivity contribution in [2.75, 3.05) is 7.11 Å². The number of para-hydroxylation sites is 1. The fourth-order valence-corrected chi connectivity index (χ4v) is 1.74. The Morgan fingerprint density at radius 1 is 1.23 bits per heavy atom. The van der Waals surface area contributed by atoms with Crippen LogP contribution in [0, 0.1) is 11.3 Å². The maximum atomic E-state index is 12.0. The van der Waals surface area contributed by atoms with E-state index in [1.165, 1.54) is 25.3 Å². The molecule has 0 aliphatic rings. The summed E-state index contributed by atoms with van der Waals surface area (Å²) in [5.41, 5.74) is 0.382. The molecule has 2 rings (SSSR count). The summed E-state index contributed by atoms with van der Waals surface area (Å²) in [5.74, 6) is -0.162. The van der Waals surface area contributed by atoms with Gasteiger partial charge in [0.25, 0.3) is 0 Å². The zero-order chi connectivity index (χ0) is 15.9. The molecule has 5 nitrogen and oxygen atoms in total. The third-order valence-electron chi connectivity index (χ3n) is 2.81. The van der Waals surface area contributed by atoms with Gasteiger partial charge in [0, 0.05) is 0 Å². The van der Waals surface area contributed by atoms with Crippen LogP contribution in [0.5, 0.6) is 17.2 Å². The number of carbonyl (C=O) groups excluding carboxylic acids is 1. The van der Waals surface area contributed by atoms with Gasteiger partial charge in [-0.3, -0.25) is 0 Å². The Morgan fingerprint density at radius 2 is 1.95 bits per heavy atom. The monoisotopic (exact) mass is 295 g/mol. The van der Waals surface area contributed by atoms with E-state index in [1.54, 1.807) is 42.5 Å². The fourth-order valence-electron chi connectivity index (χ4n) is 1.74. The van der Waals surface area contributed by atoms with Crippen LogP contribution in [0.15, 0.2) is 54.1 Å². The van der Waals surface area contributed by atoms with E-state index in [-0.39, 0.29) is 17.1 Å². The minimum atomic E-state index is -0.749. The highest BCUT2D eigenvalue weighted by atomic mass is 16.5. The maximum Gasteiger partial charge on any atom is 0.354 e. The van der Waals surface area contributed by atoms with Gasteiger partial charge in [-0.1, -0.05) is 24.3 Å². The normalized spacial score (nSPS) is 10.6. The molecule has 2 aromatic carbocycles. The van der Waals surface area contributed by atoms with E-state index in [2.05, 4.69) is 0 Å². The smallest absolute Gasteiger partial charge is 0.354 e. The van der Waals surface area contributed by atoms with E-state index in [4.69, 9.17) is 14.7 Å². The molecular weight excluding hydrogens is 282 g/mol. The molecule has 0 amide bonds. The molecule has 0 aliphatic heterocycles. The Morgan fingerprint density at radius 3 is 2.59 bits per heavy atom. The Hall–Kier alpha value is -3.26. The van der Waals surface area contributed by atoms with E-state index in [1.807, 2.05) is 0 Å². The van der Waals surface area contributed by atoms with E-state index < -0.39 is 5.97 Å². The Balaban J connectivity index is 2.24. The molecule has 0 fully saturated rings. The van der Waals surface area contributed by atoms with Gasteiger partial charge in [0.05, 0.1) is 7.11 Å². The molecule has 0 bridgehead atoms. The van der Waals surface area contributed by atoms with Crippen LogP contribution in [-0.4, -0.2) is 18.2 Å². The highest BCUT2D eigenvalue weighted by molar-refractivity contribution is 5.99. The van der Waals surface area contributed by atoms with Gasteiger partial charge in [-0.2, -0.15) is 5.26 Å². The lowest BCUT2D eigenvalue weighted by Crippen LogP contribution is -2.09. The zero-order valence-electron chi connectivity index (χ0n) is 11.8. The van der Waals surface area contributed by atoms with Gasteiger partial charge in [-0.05, 0) is 35.9 Å². The van der Waals surface area contributed by atoms with Crippen molar-refractivity contribution < 1.29 is 19.4 Å². The predicted molar refractivity (Wildman–Crippen MR) is 80.3 cm³/mol. The molecule has 0 unspecified atom stereocenters. The Kier molecular flexibility index (Phi) is 4.78. The zero-order valence-corrected chi connectivity index (χ0v) is 11.8. The first-order valence-corrected chi connectivity index (χ1v) is 6.40. The maximum absolute atomic E-state index is 12.0. The van der Waals surface area contributed by atoms with Gasteiger partial charge >= 0.3 is 5.97 Å². The van der Waals surface area contributed by atoms with E-state index in [9.17, 15) is 9.90 Å². The minimum absolute atomic E-state index is 0.0231. The lowest BCUT2D eigenvalue weighted by atomic mass is 10.1. The van der Waals surface area contributed by atoms with Gasteiger partial charge in [0.2, 0.25) is 0 Å². The number of phenolic OH excluding ortho intramolecular Hbond substituents is 1. The quantitative estimate of drug-likeness (QED) is 0.406. The standard InChI is InChI=1S/C17H13NO4/c1-21-16-10-12(7-8-15(16)19)9-13(11-18)17(20)22-14-5-3-2-4-6-14/h2-10,19H,1H3. The summed E-state index contributed by atoms with van der Waals surface area (Å²) in [6, 6.07) is 14.8. The summed E-state index contributed by atoms with van der Waals surface area (Å²) in [6.07, 6.45) is 1.37. The van der Waals surface area contributed by atoms with Crippen molar-refractivity contribution in [1.82, 2.24) is 0 Å². The van der Waals surface area contributed by atoms with Crippen LogP contribution in [0.1, 0.15) is 5.56 Å². The van der Waals surface area contributed by atoms with Crippen molar-refractivity contribution in [3.8, 4) is 23.3 Å². The molecule has 0 aromatic heterocycles. The highest BCUT2D eigenvalue weighted by Gasteiger charge is 2.12. The number of hydrogen-bond acceptors (Lipinski definition) is 5. The molecule has 0 heterocycles. The van der Waals surface area contributed by atoms with Crippen LogP contribution >= 0.6 is 0 Å². The van der Waals surface area contributed by atoms with Crippen molar-refractivity contribution in [3.05, 3.63) is 59.7 Å². The van der Waals surface area contributed by atoms with Gasteiger partial charge in [-0.15, -0.1) is 0 Å². The average Bonchev–Trinajstić information content (AvgIpc) is 2.54. The number of methoxy groups -OCH3 is 1. The van der Waals surface area contributed by atoms with Crippen molar-refractivity contribution in [2.45, 2.75) is 0 Å². The number of carbonyl (C=O) groups is 1. The fraction of sp³-hybridized carbons (Fsp3) is 0.0588. The molecule has 1 N–H and O–H groups in total. The minimum Gasteiger partial charge on any atom is -0.504 e. The van der Waals surface area contributed by atoms with Crippen LogP contribution in [0.4, 0.5) is 0 Å². The van der Waals surface area contributed by atoms with E-state index in [0.717, 1.165) is 0 Å². The van der Waals surface area contributed by atoms with Crippen LogP contribution in [-0.2, 0) is 4.79 Å². The third-order valence-corrected chi connectivity index (χ3v) is 2.81. The van der Waals surface area contributed by atoms with Crippen molar-refractivity contribution in [3.63, 3.8) is 0 Å². The average molecular weight is 295 g/mol. The first kappa shape index (κ1) is 15.1. The molecule has 110 valence electrons. The Labute approximate surface area is 127 Å². The van der Waals surface area contributed by atoms with Crippen LogP contribution < -0.4 is 9.47 Å². The number of rotatable bonds is 4. The molecule has 2 aromatic rings. The third kappa shape index (κ3) is 3.64. The summed E-state index contributed by atoms with van der Waals surface area (Å²) >= 11 is 0. The van der Waals surface area contributed by atoms with Gasteiger partial charge in [0.1, 0.15) is 17.4 Å². The molecule has 0 aliphatic carbocycles. The second-order valence-corrected chi connectivity index (χ2v) is 4.30. The molecule has 5 heteroatoms. The summed E-state index contributed by atoms with van der Waals surface area (Å²) in [7, 11) is 1.41. The second kappa shape index (κ2) is 6.95. The predicted octanol–water partition coefficient (Wildman–Crippen LogP) is 2.91. The van der Waals surface area contributed by atoms with Crippen LogP contribution in [0.3, 0.4) is 0 Å². The largest absolute Gasteiger partial charge is 0.504 e. The molecule has 22 heavy (non-hydrogen) atoms. The van der Waals surface area contributed by atoms with Crippen molar-refractivity contribution in [1.29, 1.82) is 5.26 Å². The lowest BCUT2D eigenvalue weighted by Gasteiger charge is -2.05. The van der Waals surface area contributed by atoms with E-state index in [0.29, 0.717) is 11.3 Å². The summed E-state index contributed by atoms with van der Waals surface area (Å²) in [4.78, 5) is 12.0. The summed E-state index contributed by atoms with van der Waals surface area (Å²) in [6.45, 7) is 0. The van der Waals surface area contributed by atoms with Crippen LogP contribution in [0.25, 0.3) is 6.08 Å². The van der Waals surface area contributed by atoms with Crippen molar-refractivity contribution in [2.24, 2.45) is 0 Å². The topological polar surface area (TPSA) is 79.5 Å². The second-order valence-electron chi connectivity index (χ2n) is 4.30. The summed E-state index contributed by atoms with van der Waals surface area (Å²) < 4.78 is 10.1. The number of phenols is 1. The molecule has 0 radical (unpaired) electrons. The number of hydrogen-bond donors (Lipinski definition) is 1. The number of nitriles is 1. The van der Waals surface area contributed by atoms with Gasteiger partial charge in [-0.25, -0.2) is 4.79 Å². The first-order chi connectivity index (χ1) is 10.6. The molecule has 0 saturated carbocycles. The van der Waals surface area contributed by atoms with Crippen LogP contribution in [0.2, 0.25) is 0 Å². The number of esters is 1. The van der Waals surface area contributed by atoms with Gasteiger partial charge in [0.15, 0.2) is 11.5 Å². The van der Waals surface area contributed by atoms with Crippen molar-refractivity contribution >= 4 is 12.0 Å². The van der Waals surface area contributed by atoms with Gasteiger partial charge < -0.3 is 14.6 Å². The summed E-state index contributed by atoms with van der Waals surface area (Å²) in [5, 5.41) is 18.6. The first-order valence-electron chi connectivity index (χ1n) is 6.40. The lowest BCUT2D eigenvalue weighted by molar-refractivity contribution is -0.129. The molecule has 0 spiro atoms. The molecule has 0 atom stereocenters. The number of nitrogens with zero attached hydrogens (tertiary/aromatic N) is 1. The number of ether oxygens (including phenoxy) is 2. The number of aromatic hydroxyl groups is 1. The highest BCUT2D eigenvalue weighted by Crippen LogP contribution is 2.27. The molecular formula is C17H13NO4. The number of benzene rings is 2. The SMILES string of the molecule is COc1cc(C=C(C#N)C(=O)Oc2ccccc2)ccc1O. The Bertz CT molecular complexity index is 745.